The second kappa shape index (κ2) is 6.48. The van der Waals surface area contributed by atoms with E-state index in [1.54, 1.807) is 17.8 Å². The number of hydrogen-bond acceptors (Lipinski definition) is 4. The van der Waals surface area contributed by atoms with Crippen LogP contribution in [0.3, 0.4) is 0 Å². The van der Waals surface area contributed by atoms with E-state index in [0.717, 1.165) is 5.69 Å². The van der Waals surface area contributed by atoms with E-state index in [9.17, 15) is 14.7 Å². The number of carbonyl (C=O) groups is 2. The van der Waals surface area contributed by atoms with Gasteiger partial charge in [0.05, 0.1) is 5.41 Å². The first-order valence-electron chi connectivity index (χ1n) is 7.49. The number of ether oxygens (including phenoxy) is 1. The Bertz CT molecular complexity index is 559. The van der Waals surface area contributed by atoms with Crippen LogP contribution < -0.4 is 5.32 Å². The van der Waals surface area contributed by atoms with Crippen molar-refractivity contribution in [2.45, 2.75) is 32.6 Å². The van der Waals surface area contributed by atoms with Crippen LogP contribution in [0.4, 0.5) is 0 Å². The van der Waals surface area contributed by atoms with Crippen LogP contribution in [0.5, 0.6) is 0 Å². The Kier molecular flexibility index (Phi) is 4.85. The zero-order valence-electron chi connectivity index (χ0n) is 13.3. The summed E-state index contributed by atoms with van der Waals surface area (Å²) in [6.07, 6.45) is 0.810. The third-order valence-corrected chi connectivity index (χ3v) is 4.23. The molecule has 1 aliphatic heterocycles. The molecule has 0 radical (unpaired) electrons. The molecule has 2 rings (SSSR count). The lowest BCUT2D eigenvalue weighted by Gasteiger charge is -2.32. The number of nitrogens with zero attached hydrogens (tertiary/aromatic N) is 2. The summed E-state index contributed by atoms with van der Waals surface area (Å²) in [6.45, 7) is 4.96. The number of aliphatic carboxylic acids is 1. The van der Waals surface area contributed by atoms with Gasteiger partial charge < -0.3 is 15.2 Å². The number of aromatic nitrogens is 2. The van der Waals surface area contributed by atoms with Gasteiger partial charge in [0.25, 0.3) is 5.91 Å². The molecule has 22 heavy (non-hydrogen) atoms. The lowest BCUT2D eigenvalue weighted by molar-refractivity contribution is -0.154. The third kappa shape index (κ3) is 3.30. The quantitative estimate of drug-likeness (QED) is 0.851. The van der Waals surface area contributed by atoms with E-state index >= 15 is 0 Å². The van der Waals surface area contributed by atoms with Crippen LogP contribution in [0.15, 0.2) is 6.07 Å². The van der Waals surface area contributed by atoms with Crippen LogP contribution >= 0.6 is 0 Å². The van der Waals surface area contributed by atoms with Crippen molar-refractivity contribution in [1.82, 2.24) is 15.1 Å². The van der Waals surface area contributed by atoms with Gasteiger partial charge in [-0.05, 0) is 24.8 Å². The number of nitrogens with one attached hydrogen (secondary N) is 1. The standard InChI is InChI=1S/C15H23N3O4/c1-10(2)12-8-11(17-18(12)3)13(19)16-9-15(14(20)21)4-6-22-7-5-15/h8,10H,4-7,9H2,1-3H3,(H,16,19)(H,20,21). The van der Waals surface area contributed by atoms with Gasteiger partial charge in [-0.2, -0.15) is 5.10 Å². The maximum Gasteiger partial charge on any atom is 0.311 e. The molecule has 7 nitrogen and oxygen atoms in total. The third-order valence-electron chi connectivity index (χ3n) is 4.23. The summed E-state index contributed by atoms with van der Waals surface area (Å²) in [6, 6.07) is 1.75. The van der Waals surface area contributed by atoms with Gasteiger partial charge in [0.2, 0.25) is 0 Å². The van der Waals surface area contributed by atoms with E-state index in [2.05, 4.69) is 10.4 Å². The Morgan fingerprint density at radius 1 is 1.45 bits per heavy atom. The van der Waals surface area contributed by atoms with Crippen LogP contribution in [-0.4, -0.2) is 46.5 Å². The number of amides is 1. The summed E-state index contributed by atoms with van der Waals surface area (Å²) in [5.41, 5.74) is 0.340. The summed E-state index contributed by atoms with van der Waals surface area (Å²) in [7, 11) is 1.79. The molecule has 7 heteroatoms. The molecule has 1 amide bonds. The highest BCUT2D eigenvalue weighted by Gasteiger charge is 2.40. The first-order chi connectivity index (χ1) is 10.4. The number of rotatable bonds is 5. The molecule has 1 aliphatic rings. The number of carboxylic acid groups (broad SMARTS) is 1. The van der Waals surface area contributed by atoms with Crippen molar-refractivity contribution in [3.8, 4) is 0 Å². The normalized spacial score (nSPS) is 17.5. The molecule has 2 N–H and O–H groups in total. The van der Waals surface area contributed by atoms with Crippen molar-refractivity contribution in [3.05, 3.63) is 17.5 Å². The lowest BCUT2D eigenvalue weighted by atomic mass is 9.80. The Balaban J connectivity index is 2.05. The van der Waals surface area contributed by atoms with E-state index in [1.165, 1.54) is 0 Å². The van der Waals surface area contributed by atoms with E-state index in [1.807, 2.05) is 13.8 Å². The van der Waals surface area contributed by atoms with Gasteiger partial charge >= 0.3 is 5.97 Å². The first-order valence-corrected chi connectivity index (χ1v) is 7.49. The van der Waals surface area contributed by atoms with Crippen LogP contribution in [0.2, 0.25) is 0 Å². The average Bonchev–Trinajstić information content (AvgIpc) is 2.88. The van der Waals surface area contributed by atoms with E-state index in [0.29, 0.717) is 31.7 Å². The Labute approximate surface area is 129 Å². The Morgan fingerprint density at radius 2 is 2.09 bits per heavy atom. The van der Waals surface area contributed by atoms with Gasteiger partial charge in [-0.1, -0.05) is 13.8 Å². The van der Waals surface area contributed by atoms with Gasteiger partial charge in [0.15, 0.2) is 0 Å². The Morgan fingerprint density at radius 3 is 2.59 bits per heavy atom. The van der Waals surface area contributed by atoms with Gasteiger partial charge in [-0.25, -0.2) is 0 Å². The first kappa shape index (κ1) is 16.5. The highest BCUT2D eigenvalue weighted by molar-refractivity contribution is 5.92. The summed E-state index contributed by atoms with van der Waals surface area (Å²) < 4.78 is 6.90. The summed E-state index contributed by atoms with van der Waals surface area (Å²) in [5, 5.41) is 16.4. The predicted molar refractivity (Wildman–Crippen MR) is 79.8 cm³/mol. The molecule has 0 aliphatic carbocycles. The zero-order chi connectivity index (χ0) is 16.3. The predicted octanol–water partition coefficient (Wildman–Crippen LogP) is 1.15. The molecule has 0 bridgehead atoms. The molecule has 0 saturated carbocycles. The molecule has 2 heterocycles. The van der Waals surface area contributed by atoms with Crippen LogP contribution in [-0.2, 0) is 16.6 Å². The molecular weight excluding hydrogens is 286 g/mol. The van der Waals surface area contributed by atoms with Crippen molar-refractivity contribution in [2.75, 3.05) is 19.8 Å². The lowest BCUT2D eigenvalue weighted by Crippen LogP contribution is -2.46. The number of carbonyl (C=O) groups excluding carboxylic acids is 1. The van der Waals surface area contributed by atoms with Crippen molar-refractivity contribution in [3.63, 3.8) is 0 Å². The van der Waals surface area contributed by atoms with E-state index in [4.69, 9.17) is 4.74 Å². The van der Waals surface area contributed by atoms with Crippen LogP contribution in [0.25, 0.3) is 0 Å². The van der Waals surface area contributed by atoms with Gasteiger partial charge in [0.1, 0.15) is 5.69 Å². The number of carboxylic acids is 1. The fourth-order valence-electron chi connectivity index (χ4n) is 2.70. The smallest absolute Gasteiger partial charge is 0.311 e. The van der Waals surface area contributed by atoms with Crippen LogP contribution in [0.1, 0.15) is 48.8 Å². The zero-order valence-corrected chi connectivity index (χ0v) is 13.3. The van der Waals surface area contributed by atoms with E-state index in [-0.39, 0.29) is 18.4 Å². The molecule has 122 valence electrons. The average molecular weight is 309 g/mol. The maximum atomic E-state index is 12.2. The molecule has 1 saturated heterocycles. The largest absolute Gasteiger partial charge is 0.481 e. The Hall–Kier alpha value is -1.89. The SMILES string of the molecule is CC(C)c1cc(C(=O)NCC2(C(=O)O)CCOCC2)nn1C. The van der Waals surface area contributed by atoms with Gasteiger partial charge in [-0.15, -0.1) is 0 Å². The van der Waals surface area contributed by atoms with Crippen molar-refractivity contribution < 1.29 is 19.4 Å². The minimum Gasteiger partial charge on any atom is -0.481 e. The van der Waals surface area contributed by atoms with Crippen LogP contribution in [0, 0.1) is 5.41 Å². The topological polar surface area (TPSA) is 93.5 Å². The highest BCUT2D eigenvalue weighted by Crippen LogP contribution is 2.30. The molecule has 0 spiro atoms. The number of aryl methyl sites for hydroxylation is 1. The fraction of sp³-hybridized carbons (Fsp3) is 0.667. The minimum atomic E-state index is -0.941. The van der Waals surface area contributed by atoms with Gasteiger partial charge in [0, 0.05) is 32.5 Å². The van der Waals surface area contributed by atoms with Crippen molar-refractivity contribution >= 4 is 11.9 Å². The molecule has 1 fully saturated rings. The molecular formula is C15H23N3O4. The highest BCUT2D eigenvalue weighted by atomic mass is 16.5. The fourth-order valence-corrected chi connectivity index (χ4v) is 2.70. The second-order valence-electron chi connectivity index (χ2n) is 6.11. The summed E-state index contributed by atoms with van der Waals surface area (Å²) in [5.74, 6) is -0.963. The number of hydrogen-bond donors (Lipinski definition) is 2. The monoisotopic (exact) mass is 309 g/mol. The second-order valence-corrected chi connectivity index (χ2v) is 6.11. The molecule has 1 aromatic rings. The molecule has 1 aromatic heterocycles. The van der Waals surface area contributed by atoms with Crippen molar-refractivity contribution in [1.29, 1.82) is 0 Å². The molecule has 0 aromatic carbocycles. The summed E-state index contributed by atoms with van der Waals surface area (Å²) in [4.78, 5) is 23.8. The van der Waals surface area contributed by atoms with Gasteiger partial charge in [-0.3, -0.25) is 14.3 Å². The minimum absolute atomic E-state index is 0.0954. The molecule has 0 unspecified atom stereocenters. The maximum absolute atomic E-state index is 12.2. The van der Waals surface area contributed by atoms with E-state index < -0.39 is 11.4 Å². The van der Waals surface area contributed by atoms with Crippen molar-refractivity contribution in [2.24, 2.45) is 12.5 Å². The molecule has 0 atom stereocenters. The summed E-state index contributed by atoms with van der Waals surface area (Å²) >= 11 is 0.